The minimum Gasteiger partial charge on any atom is -0.351 e. The zero-order valence-electron chi connectivity index (χ0n) is 14.7. The number of halogens is 6. The Bertz CT molecular complexity index is 862. The molecule has 1 fully saturated rings. The zero-order chi connectivity index (χ0) is 20.7. The van der Waals surface area contributed by atoms with Crippen molar-refractivity contribution in [2.75, 3.05) is 6.54 Å². The average molecular weight is 409 g/mol. The van der Waals surface area contributed by atoms with Crippen LogP contribution in [0.5, 0.6) is 0 Å². The molecule has 0 unspecified atom stereocenters. The third-order valence-electron chi connectivity index (χ3n) is 4.33. The highest BCUT2D eigenvalue weighted by molar-refractivity contribution is 5.92. The number of alkyl halides is 6. The molecule has 2 heterocycles. The van der Waals surface area contributed by atoms with Gasteiger partial charge in [0, 0.05) is 37.8 Å². The van der Waals surface area contributed by atoms with E-state index in [4.69, 9.17) is 0 Å². The van der Waals surface area contributed by atoms with Gasteiger partial charge in [0.25, 0.3) is 5.91 Å². The summed E-state index contributed by atoms with van der Waals surface area (Å²) in [6, 6.07) is 1.69. The van der Waals surface area contributed by atoms with Gasteiger partial charge in [0.2, 0.25) is 0 Å². The summed E-state index contributed by atoms with van der Waals surface area (Å²) in [5, 5.41) is 9.30. The number of carbonyl (C=O) groups excluding carboxylic acids is 1. The lowest BCUT2D eigenvalue weighted by molar-refractivity contribution is -0.142. The van der Waals surface area contributed by atoms with Crippen molar-refractivity contribution in [2.24, 2.45) is 7.05 Å². The van der Waals surface area contributed by atoms with E-state index in [9.17, 15) is 31.1 Å². The lowest BCUT2D eigenvalue weighted by Gasteiger charge is -2.08. The Kier molecular flexibility index (Phi) is 5.15. The maximum atomic E-state index is 12.8. The maximum Gasteiger partial charge on any atom is 0.435 e. The Morgan fingerprint density at radius 2 is 1.71 bits per heavy atom. The highest BCUT2D eigenvalue weighted by Gasteiger charge is 2.38. The van der Waals surface area contributed by atoms with Gasteiger partial charge in [0.1, 0.15) is 5.69 Å². The topological polar surface area (TPSA) is 64.7 Å². The Hall–Kier alpha value is -2.53. The van der Waals surface area contributed by atoms with E-state index < -0.39 is 29.6 Å². The van der Waals surface area contributed by atoms with Crippen LogP contribution < -0.4 is 5.32 Å². The summed E-state index contributed by atoms with van der Waals surface area (Å²) < 4.78 is 78.6. The number of amides is 1. The van der Waals surface area contributed by atoms with Gasteiger partial charge in [0.05, 0.1) is 0 Å². The quantitative estimate of drug-likeness (QED) is 0.588. The molecule has 0 aromatic carbocycles. The fourth-order valence-electron chi connectivity index (χ4n) is 2.80. The van der Waals surface area contributed by atoms with Crippen LogP contribution in [-0.2, 0) is 25.9 Å². The monoisotopic (exact) mass is 409 g/mol. The fourth-order valence-corrected chi connectivity index (χ4v) is 2.80. The highest BCUT2D eigenvalue weighted by Crippen LogP contribution is 2.42. The van der Waals surface area contributed by atoms with Crippen molar-refractivity contribution >= 4 is 5.91 Å². The summed E-state index contributed by atoms with van der Waals surface area (Å²) in [7, 11) is 1.22. The van der Waals surface area contributed by atoms with E-state index >= 15 is 0 Å². The Morgan fingerprint density at radius 1 is 1.11 bits per heavy atom. The van der Waals surface area contributed by atoms with E-state index in [1.54, 1.807) is 0 Å². The largest absolute Gasteiger partial charge is 0.435 e. The van der Waals surface area contributed by atoms with Gasteiger partial charge in [0.15, 0.2) is 11.4 Å². The molecule has 1 N–H and O–H groups in total. The number of rotatable bonds is 6. The second-order valence-electron chi connectivity index (χ2n) is 6.60. The SMILES string of the molecule is Cn1nc(C(F)(F)F)cc1C(=O)NCCCn1nc(C(F)(F)F)cc1C1CC1. The highest BCUT2D eigenvalue weighted by atomic mass is 19.4. The number of aryl methyl sites for hydroxylation is 2. The van der Waals surface area contributed by atoms with Crippen LogP contribution in [0.25, 0.3) is 0 Å². The molecule has 2 aromatic heterocycles. The van der Waals surface area contributed by atoms with Gasteiger partial charge in [-0.3, -0.25) is 14.2 Å². The van der Waals surface area contributed by atoms with Crippen LogP contribution in [-0.4, -0.2) is 32.0 Å². The van der Waals surface area contributed by atoms with Gasteiger partial charge in [-0.2, -0.15) is 36.5 Å². The minimum absolute atomic E-state index is 0.0634. The third kappa shape index (κ3) is 4.47. The lowest BCUT2D eigenvalue weighted by Crippen LogP contribution is -2.27. The molecule has 0 aliphatic heterocycles. The van der Waals surface area contributed by atoms with E-state index in [0.29, 0.717) is 11.8 Å². The lowest BCUT2D eigenvalue weighted by atomic mass is 10.2. The normalized spacial score (nSPS) is 15.1. The summed E-state index contributed by atoms with van der Waals surface area (Å²) in [6.45, 7) is 0.220. The van der Waals surface area contributed by atoms with Crippen molar-refractivity contribution in [2.45, 2.75) is 44.1 Å². The van der Waals surface area contributed by atoms with Gasteiger partial charge >= 0.3 is 12.4 Å². The number of nitrogens with one attached hydrogen (secondary N) is 1. The van der Waals surface area contributed by atoms with Gasteiger partial charge in [-0.05, 0) is 25.3 Å². The van der Waals surface area contributed by atoms with Crippen LogP contribution in [0.2, 0.25) is 0 Å². The summed E-state index contributed by atoms with van der Waals surface area (Å²) in [4.78, 5) is 12.0. The molecule has 0 atom stereocenters. The molecular formula is C16H17F6N5O. The van der Waals surface area contributed by atoms with Gasteiger partial charge < -0.3 is 5.32 Å². The molecular weight excluding hydrogens is 392 g/mol. The van der Waals surface area contributed by atoms with Crippen LogP contribution in [0, 0.1) is 0 Å². The first-order valence-corrected chi connectivity index (χ1v) is 8.51. The molecule has 2 aromatic rings. The van der Waals surface area contributed by atoms with Crippen molar-refractivity contribution in [3.63, 3.8) is 0 Å². The number of hydrogen-bond acceptors (Lipinski definition) is 3. The van der Waals surface area contributed by atoms with Crippen molar-refractivity contribution < 1.29 is 31.1 Å². The van der Waals surface area contributed by atoms with E-state index in [1.807, 2.05) is 0 Å². The van der Waals surface area contributed by atoms with Crippen molar-refractivity contribution in [3.05, 3.63) is 34.9 Å². The predicted octanol–water partition coefficient (Wildman–Crippen LogP) is 3.35. The predicted molar refractivity (Wildman–Crippen MR) is 84.4 cm³/mol. The molecule has 1 saturated carbocycles. The van der Waals surface area contributed by atoms with Crippen LogP contribution in [0.4, 0.5) is 26.3 Å². The van der Waals surface area contributed by atoms with Crippen LogP contribution in [0.15, 0.2) is 12.1 Å². The first-order valence-electron chi connectivity index (χ1n) is 8.51. The van der Waals surface area contributed by atoms with Crippen LogP contribution in [0.1, 0.15) is 52.8 Å². The van der Waals surface area contributed by atoms with Crippen LogP contribution >= 0.6 is 0 Å². The van der Waals surface area contributed by atoms with Crippen LogP contribution in [0.3, 0.4) is 0 Å². The molecule has 28 heavy (non-hydrogen) atoms. The average Bonchev–Trinajstić information content (AvgIpc) is 3.18. The molecule has 1 aliphatic carbocycles. The Morgan fingerprint density at radius 3 is 2.25 bits per heavy atom. The van der Waals surface area contributed by atoms with Gasteiger partial charge in [-0.15, -0.1) is 0 Å². The Balaban J connectivity index is 1.57. The molecule has 0 saturated heterocycles. The number of aromatic nitrogens is 4. The standard InChI is InChI=1S/C16H17F6N5O/c1-26-11(8-12(24-26)15(17,18)19)14(28)23-5-2-6-27-10(9-3-4-9)7-13(25-27)16(20,21)22/h7-9H,2-6H2,1H3,(H,23,28). The van der Waals surface area contributed by atoms with E-state index in [0.717, 1.165) is 23.6 Å². The molecule has 1 aliphatic rings. The molecule has 0 radical (unpaired) electrons. The summed E-state index contributed by atoms with van der Waals surface area (Å²) in [5.74, 6) is -0.683. The number of nitrogens with zero attached hydrogens (tertiary/aromatic N) is 4. The molecule has 6 nitrogen and oxygen atoms in total. The summed E-state index contributed by atoms with van der Waals surface area (Å²) in [5.41, 5.74) is -1.87. The van der Waals surface area contributed by atoms with E-state index in [-0.39, 0.29) is 31.1 Å². The molecule has 1 amide bonds. The Labute approximate surface area is 155 Å². The summed E-state index contributed by atoms with van der Waals surface area (Å²) in [6.07, 6.45) is -7.30. The van der Waals surface area contributed by atoms with Crippen molar-refractivity contribution in [1.82, 2.24) is 24.9 Å². The second-order valence-corrected chi connectivity index (χ2v) is 6.60. The molecule has 0 spiro atoms. The first-order chi connectivity index (χ1) is 13.0. The number of hydrogen-bond donors (Lipinski definition) is 1. The molecule has 3 rings (SSSR count). The second kappa shape index (κ2) is 7.13. The van der Waals surface area contributed by atoms with E-state index in [1.165, 1.54) is 11.7 Å². The molecule has 0 bridgehead atoms. The van der Waals surface area contributed by atoms with Gasteiger partial charge in [-0.25, -0.2) is 0 Å². The fraction of sp³-hybridized carbons (Fsp3) is 0.562. The number of carbonyl (C=O) groups is 1. The molecule has 12 heteroatoms. The molecule has 154 valence electrons. The smallest absolute Gasteiger partial charge is 0.351 e. The first kappa shape index (κ1) is 20.2. The van der Waals surface area contributed by atoms with Crippen molar-refractivity contribution in [1.29, 1.82) is 0 Å². The van der Waals surface area contributed by atoms with Gasteiger partial charge in [-0.1, -0.05) is 0 Å². The maximum absolute atomic E-state index is 12.8. The zero-order valence-corrected chi connectivity index (χ0v) is 14.7. The summed E-state index contributed by atoms with van der Waals surface area (Å²) >= 11 is 0. The third-order valence-corrected chi connectivity index (χ3v) is 4.33. The minimum atomic E-state index is -4.66. The van der Waals surface area contributed by atoms with Crippen molar-refractivity contribution in [3.8, 4) is 0 Å². The van der Waals surface area contributed by atoms with E-state index in [2.05, 4.69) is 15.5 Å².